The van der Waals surface area contributed by atoms with E-state index in [2.05, 4.69) is 5.32 Å². The van der Waals surface area contributed by atoms with Gasteiger partial charge in [-0.05, 0) is 50.6 Å². The summed E-state index contributed by atoms with van der Waals surface area (Å²) >= 11 is 0. The standard InChI is InChI=1S/C20H24N2O5S/c1-14(2)22(4)28(25,26)17-10-7-9-16(12-17)20(24)27-13-19(23)21-18-11-6-5-8-15(18)3/h5-12,14H,13H2,1-4H3,(H,21,23). The van der Waals surface area contributed by atoms with Gasteiger partial charge in [-0.15, -0.1) is 0 Å². The number of nitrogens with one attached hydrogen (secondary N) is 1. The van der Waals surface area contributed by atoms with Crippen LogP contribution < -0.4 is 5.32 Å². The lowest BCUT2D eigenvalue weighted by atomic mass is 10.2. The summed E-state index contributed by atoms with van der Waals surface area (Å²) in [4.78, 5) is 24.2. The molecule has 0 unspecified atom stereocenters. The molecular weight excluding hydrogens is 380 g/mol. The van der Waals surface area contributed by atoms with Crippen molar-refractivity contribution in [3.05, 3.63) is 59.7 Å². The molecule has 28 heavy (non-hydrogen) atoms. The molecule has 0 radical (unpaired) electrons. The van der Waals surface area contributed by atoms with Crippen LogP contribution in [0, 0.1) is 6.92 Å². The van der Waals surface area contributed by atoms with E-state index in [9.17, 15) is 18.0 Å². The molecule has 7 nitrogen and oxygen atoms in total. The molecule has 0 fully saturated rings. The number of amides is 1. The minimum Gasteiger partial charge on any atom is -0.452 e. The predicted molar refractivity (Wildman–Crippen MR) is 107 cm³/mol. The number of rotatable bonds is 7. The summed E-state index contributed by atoms with van der Waals surface area (Å²) in [6, 6.07) is 12.6. The number of sulfonamides is 1. The van der Waals surface area contributed by atoms with Gasteiger partial charge in [0.2, 0.25) is 10.0 Å². The maximum absolute atomic E-state index is 12.6. The Morgan fingerprint density at radius 2 is 1.79 bits per heavy atom. The summed E-state index contributed by atoms with van der Waals surface area (Å²) in [5.74, 6) is -1.25. The van der Waals surface area contributed by atoms with E-state index in [1.807, 2.05) is 19.1 Å². The molecule has 0 saturated carbocycles. The zero-order valence-corrected chi connectivity index (χ0v) is 17.1. The van der Waals surface area contributed by atoms with Gasteiger partial charge in [-0.2, -0.15) is 4.31 Å². The van der Waals surface area contributed by atoms with Gasteiger partial charge in [-0.3, -0.25) is 4.79 Å². The Balaban J connectivity index is 2.05. The van der Waals surface area contributed by atoms with Crippen LogP contribution in [0.2, 0.25) is 0 Å². The number of carbonyl (C=O) groups is 2. The van der Waals surface area contributed by atoms with Crippen LogP contribution in [0.3, 0.4) is 0 Å². The van der Waals surface area contributed by atoms with E-state index in [1.54, 1.807) is 26.0 Å². The number of hydrogen-bond donors (Lipinski definition) is 1. The minimum atomic E-state index is -3.72. The number of para-hydroxylation sites is 1. The predicted octanol–water partition coefficient (Wildman–Crippen LogP) is 2.82. The van der Waals surface area contributed by atoms with Crippen molar-refractivity contribution < 1.29 is 22.7 Å². The molecule has 0 bridgehead atoms. The highest BCUT2D eigenvalue weighted by molar-refractivity contribution is 7.89. The van der Waals surface area contributed by atoms with Crippen LogP contribution in [0.25, 0.3) is 0 Å². The van der Waals surface area contributed by atoms with Gasteiger partial charge in [0.05, 0.1) is 10.5 Å². The highest BCUT2D eigenvalue weighted by Gasteiger charge is 2.24. The molecule has 2 rings (SSSR count). The van der Waals surface area contributed by atoms with Crippen LogP contribution in [-0.4, -0.2) is 44.3 Å². The van der Waals surface area contributed by atoms with E-state index in [4.69, 9.17) is 4.74 Å². The van der Waals surface area contributed by atoms with Crippen LogP contribution in [0.4, 0.5) is 5.69 Å². The Morgan fingerprint density at radius 3 is 2.43 bits per heavy atom. The highest BCUT2D eigenvalue weighted by atomic mass is 32.2. The van der Waals surface area contributed by atoms with Crippen molar-refractivity contribution in [2.75, 3.05) is 19.0 Å². The summed E-state index contributed by atoms with van der Waals surface area (Å²) in [6.45, 7) is 4.88. The third kappa shape index (κ3) is 5.17. The van der Waals surface area contributed by atoms with Crippen molar-refractivity contribution in [1.82, 2.24) is 4.31 Å². The van der Waals surface area contributed by atoms with Crippen molar-refractivity contribution in [3.63, 3.8) is 0 Å². The summed E-state index contributed by atoms with van der Waals surface area (Å²) in [5, 5.41) is 2.66. The van der Waals surface area contributed by atoms with Crippen molar-refractivity contribution in [2.24, 2.45) is 0 Å². The fourth-order valence-corrected chi connectivity index (χ4v) is 3.76. The molecule has 2 aromatic rings. The Kier molecular flexibility index (Phi) is 6.93. The molecule has 2 aromatic carbocycles. The molecule has 0 spiro atoms. The van der Waals surface area contributed by atoms with Gasteiger partial charge < -0.3 is 10.1 Å². The fourth-order valence-electron chi connectivity index (χ4n) is 2.34. The smallest absolute Gasteiger partial charge is 0.338 e. The zero-order valence-electron chi connectivity index (χ0n) is 16.3. The molecule has 1 N–H and O–H groups in total. The van der Waals surface area contributed by atoms with Crippen LogP contribution in [-0.2, 0) is 19.6 Å². The molecule has 0 aliphatic heterocycles. The van der Waals surface area contributed by atoms with Gasteiger partial charge in [-0.1, -0.05) is 24.3 Å². The number of esters is 1. The van der Waals surface area contributed by atoms with Crippen LogP contribution >= 0.6 is 0 Å². The largest absolute Gasteiger partial charge is 0.452 e. The first-order chi connectivity index (χ1) is 13.1. The molecule has 1 amide bonds. The molecule has 0 aliphatic rings. The second kappa shape index (κ2) is 8.99. The van der Waals surface area contributed by atoms with Crippen LogP contribution in [0.1, 0.15) is 29.8 Å². The lowest BCUT2D eigenvalue weighted by Crippen LogP contribution is -2.33. The first-order valence-corrected chi connectivity index (χ1v) is 10.2. The first kappa shape index (κ1) is 21.6. The van der Waals surface area contributed by atoms with Gasteiger partial charge >= 0.3 is 5.97 Å². The second-order valence-corrected chi connectivity index (χ2v) is 8.58. The van der Waals surface area contributed by atoms with E-state index in [-0.39, 0.29) is 16.5 Å². The van der Waals surface area contributed by atoms with Gasteiger partial charge in [0.15, 0.2) is 6.61 Å². The molecule has 0 atom stereocenters. The van der Waals surface area contributed by atoms with Crippen molar-refractivity contribution >= 4 is 27.6 Å². The second-order valence-electron chi connectivity index (χ2n) is 6.58. The fraction of sp³-hybridized carbons (Fsp3) is 0.300. The van der Waals surface area contributed by atoms with Crippen molar-refractivity contribution in [1.29, 1.82) is 0 Å². The Bertz CT molecular complexity index is 970. The van der Waals surface area contributed by atoms with Gasteiger partial charge in [0, 0.05) is 18.8 Å². The van der Waals surface area contributed by atoms with E-state index in [0.717, 1.165) is 5.56 Å². The van der Waals surface area contributed by atoms with Gasteiger partial charge in [-0.25, -0.2) is 13.2 Å². The molecular formula is C20H24N2O5S. The quantitative estimate of drug-likeness (QED) is 0.717. The minimum absolute atomic E-state index is 0.0116. The number of benzene rings is 2. The number of hydrogen-bond acceptors (Lipinski definition) is 5. The molecule has 150 valence electrons. The van der Waals surface area contributed by atoms with Gasteiger partial charge in [0.25, 0.3) is 5.91 Å². The monoisotopic (exact) mass is 404 g/mol. The lowest BCUT2D eigenvalue weighted by molar-refractivity contribution is -0.119. The summed E-state index contributed by atoms with van der Waals surface area (Å²) in [7, 11) is -2.25. The molecule has 0 aromatic heterocycles. The van der Waals surface area contributed by atoms with Crippen LogP contribution in [0.5, 0.6) is 0 Å². The number of aryl methyl sites for hydroxylation is 1. The van der Waals surface area contributed by atoms with E-state index < -0.39 is 28.5 Å². The van der Waals surface area contributed by atoms with E-state index in [0.29, 0.717) is 5.69 Å². The average Bonchev–Trinajstić information content (AvgIpc) is 2.67. The van der Waals surface area contributed by atoms with E-state index >= 15 is 0 Å². The number of anilines is 1. The summed E-state index contributed by atoms with van der Waals surface area (Å²) in [5.41, 5.74) is 1.57. The summed E-state index contributed by atoms with van der Waals surface area (Å²) < 4.78 is 31.4. The lowest BCUT2D eigenvalue weighted by Gasteiger charge is -2.21. The Hall–Kier alpha value is -2.71. The normalized spacial score (nSPS) is 11.5. The average molecular weight is 404 g/mol. The SMILES string of the molecule is Cc1ccccc1NC(=O)COC(=O)c1cccc(S(=O)(=O)N(C)C(C)C)c1. The first-order valence-electron chi connectivity index (χ1n) is 8.73. The topological polar surface area (TPSA) is 92.8 Å². The number of carbonyl (C=O) groups excluding carboxylic acids is 2. The highest BCUT2D eigenvalue weighted by Crippen LogP contribution is 2.18. The van der Waals surface area contributed by atoms with E-state index in [1.165, 1.54) is 35.6 Å². The molecule has 0 saturated heterocycles. The maximum atomic E-state index is 12.6. The molecule has 0 heterocycles. The van der Waals surface area contributed by atoms with Gasteiger partial charge in [0.1, 0.15) is 0 Å². The summed E-state index contributed by atoms with van der Waals surface area (Å²) in [6.07, 6.45) is 0. The third-order valence-corrected chi connectivity index (χ3v) is 6.26. The molecule has 8 heteroatoms. The van der Waals surface area contributed by atoms with Crippen molar-refractivity contribution in [2.45, 2.75) is 31.7 Å². The Morgan fingerprint density at radius 1 is 1.11 bits per heavy atom. The zero-order chi connectivity index (χ0) is 20.9. The van der Waals surface area contributed by atoms with Crippen LogP contribution in [0.15, 0.2) is 53.4 Å². The number of nitrogens with zero attached hydrogens (tertiary/aromatic N) is 1. The Labute approximate surface area is 165 Å². The maximum Gasteiger partial charge on any atom is 0.338 e. The van der Waals surface area contributed by atoms with Crippen molar-refractivity contribution in [3.8, 4) is 0 Å². The molecule has 0 aliphatic carbocycles. The third-order valence-electron chi connectivity index (χ3n) is 4.23. The number of ether oxygens (including phenoxy) is 1.